The van der Waals surface area contributed by atoms with Crippen LogP contribution in [-0.2, 0) is 17.9 Å². The van der Waals surface area contributed by atoms with E-state index < -0.39 is 0 Å². The number of benzene rings is 1. The van der Waals surface area contributed by atoms with Crippen LogP contribution in [0.5, 0.6) is 0 Å². The van der Waals surface area contributed by atoms with Crippen LogP contribution in [0.25, 0.3) is 11.4 Å². The predicted molar refractivity (Wildman–Crippen MR) is 98.5 cm³/mol. The van der Waals surface area contributed by atoms with E-state index in [9.17, 15) is 4.79 Å². The summed E-state index contributed by atoms with van der Waals surface area (Å²) < 4.78 is 2.11. The molecule has 1 N–H and O–H groups in total. The van der Waals surface area contributed by atoms with Crippen molar-refractivity contribution in [3.05, 3.63) is 36.2 Å². The van der Waals surface area contributed by atoms with Gasteiger partial charge >= 0.3 is 0 Å². The zero-order valence-corrected chi connectivity index (χ0v) is 15.4. The largest absolute Gasteiger partial charge is 0.333 e. The number of nitrogens with one attached hydrogen (secondary N) is 1. The van der Waals surface area contributed by atoms with Crippen LogP contribution in [0, 0.1) is 5.92 Å². The molecule has 0 saturated heterocycles. The molecule has 1 amide bonds. The van der Waals surface area contributed by atoms with Gasteiger partial charge in [0.25, 0.3) is 0 Å². The van der Waals surface area contributed by atoms with Crippen LogP contribution in [0.15, 0.2) is 30.3 Å². The van der Waals surface area contributed by atoms with Crippen LogP contribution in [0.3, 0.4) is 0 Å². The van der Waals surface area contributed by atoms with Crippen molar-refractivity contribution < 1.29 is 4.79 Å². The molecule has 24 heavy (non-hydrogen) atoms. The molecule has 1 aromatic carbocycles. The van der Waals surface area contributed by atoms with Gasteiger partial charge in [-0.05, 0) is 7.05 Å². The molecule has 0 saturated carbocycles. The lowest BCUT2D eigenvalue weighted by molar-refractivity contribution is -0.136. The Bertz CT molecular complexity index is 662. The van der Waals surface area contributed by atoms with Gasteiger partial charge in [-0.15, -0.1) is 35.0 Å². The number of hydrogen-bond donors (Lipinski definition) is 1. The SMILES string of the molecule is CNCC(C)C(=O)N1CCn2c(nnc2-c2ccccc2)C1.Cl.Cl. The molecule has 0 spiro atoms. The van der Waals surface area contributed by atoms with Gasteiger partial charge in [0.15, 0.2) is 11.6 Å². The molecule has 6 nitrogen and oxygen atoms in total. The van der Waals surface area contributed by atoms with E-state index in [2.05, 4.69) is 20.1 Å². The van der Waals surface area contributed by atoms with Crippen LogP contribution in [0.2, 0.25) is 0 Å². The Kier molecular flexibility index (Phi) is 7.66. The van der Waals surface area contributed by atoms with Crippen molar-refractivity contribution in [2.24, 2.45) is 5.92 Å². The maximum Gasteiger partial charge on any atom is 0.227 e. The number of nitrogens with zero attached hydrogens (tertiary/aromatic N) is 4. The summed E-state index contributed by atoms with van der Waals surface area (Å²) in [7, 11) is 1.86. The Balaban J connectivity index is 0.00000144. The summed E-state index contributed by atoms with van der Waals surface area (Å²) in [4.78, 5) is 14.3. The number of aromatic nitrogens is 3. The van der Waals surface area contributed by atoms with E-state index in [4.69, 9.17) is 0 Å². The van der Waals surface area contributed by atoms with Crippen LogP contribution in [0.1, 0.15) is 12.7 Å². The minimum absolute atomic E-state index is 0. The fourth-order valence-electron chi connectivity index (χ4n) is 2.85. The van der Waals surface area contributed by atoms with E-state index in [1.165, 1.54) is 0 Å². The van der Waals surface area contributed by atoms with E-state index >= 15 is 0 Å². The van der Waals surface area contributed by atoms with Gasteiger partial charge in [0, 0.05) is 31.1 Å². The molecule has 0 radical (unpaired) electrons. The van der Waals surface area contributed by atoms with E-state index in [0.717, 1.165) is 23.8 Å². The van der Waals surface area contributed by atoms with Gasteiger partial charge in [-0.1, -0.05) is 37.3 Å². The lowest BCUT2D eigenvalue weighted by Gasteiger charge is -2.30. The highest BCUT2D eigenvalue weighted by Crippen LogP contribution is 2.22. The Morgan fingerprint density at radius 2 is 1.92 bits per heavy atom. The standard InChI is InChI=1S/C16H21N5O.2ClH/c1-12(10-17-2)16(22)20-8-9-21-14(11-20)18-19-15(21)13-6-4-3-5-7-13;;/h3-7,12,17H,8-11H2,1-2H3;2*1H. The first-order valence-corrected chi connectivity index (χ1v) is 7.61. The van der Waals surface area contributed by atoms with Crippen molar-refractivity contribution >= 4 is 30.7 Å². The molecule has 1 aliphatic heterocycles. The monoisotopic (exact) mass is 371 g/mol. The first kappa shape index (κ1) is 20.4. The highest BCUT2D eigenvalue weighted by molar-refractivity contribution is 5.85. The Morgan fingerprint density at radius 3 is 2.58 bits per heavy atom. The Hall–Kier alpha value is -1.63. The number of rotatable bonds is 4. The molecule has 0 aliphatic carbocycles. The summed E-state index contributed by atoms with van der Waals surface area (Å²) in [5.41, 5.74) is 1.06. The van der Waals surface area contributed by atoms with Crippen molar-refractivity contribution in [2.45, 2.75) is 20.0 Å². The quantitative estimate of drug-likeness (QED) is 0.892. The predicted octanol–water partition coefficient (Wildman–Crippen LogP) is 1.99. The van der Waals surface area contributed by atoms with Gasteiger partial charge in [0.05, 0.1) is 6.54 Å². The third-order valence-corrected chi connectivity index (χ3v) is 4.03. The molecule has 0 fully saturated rings. The van der Waals surface area contributed by atoms with Crippen LogP contribution in [-0.4, -0.2) is 45.7 Å². The summed E-state index contributed by atoms with van der Waals surface area (Å²) in [6.45, 7) is 4.62. The zero-order chi connectivity index (χ0) is 15.5. The van der Waals surface area contributed by atoms with Crippen LogP contribution in [0.4, 0.5) is 0 Å². The van der Waals surface area contributed by atoms with Crippen molar-refractivity contribution in [3.63, 3.8) is 0 Å². The Labute approximate surface area is 154 Å². The van der Waals surface area contributed by atoms with E-state index in [1.807, 2.05) is 49.2 Å². The molecule has 1 aliphatic rings. The fraction of sp³-hybridized carbons (Fsp3) is 0.438. The second-order valence-electron chi connectivity index (χ2n) is 5.68. The third kappa shape index (κ3) is 4.06. The van der Waals surface area contributed by atoms with E-state index in [-0.39, 0.29) is 36.6 Å². The molecular weight excluding hydrogens is 349 g/mol. The van der Waals surface area contributed by atoms with Gasteiger partial charge in [0.2, 0.25) is 5.91 Å². The third-order valence-electron chi connectivity index (χ3n) is 4.03. The van der Waals surface area contributed by atoms with E-state index in [1.54, 1.807) is 0 Å². The maximum atomic E-state index is 12.4. The molecule has 2 aromatic rings. The number of hydrogen-bond acceptors (Lipinski definition) is 4. The molecule has 3 rings (SSSR count). The highest BCUT2D eigenvalue weighted by Gasteiger charge is 2.27. The topological polar surface area (TPSA) is 63.1 Å². The molecule has 132 valence electrons. The molecule has 1 atom stereocenters. The average Bonchev–Trinajstić information content (AvgIpc) is 2.98. The normalized spacial score (nSPS) is 14.2. The smallest absolute Gasteiger partial charge is 0.227 e. The van der Waals surface area contributed by atoms with Crippen molar-refractivity contribution in [2.75, 3.05) is 20.1 Å². The van der Waals surface area contributed by atoms with Gasteiger partial charge in [-0.2, -0.15) is 0 Å². The first-order valence-electron chi connectivity index (χ1n) is 7.61. The molecule has 2 heterocycles. The number of amides is 1. The second kappa shape index (κ2) is 9.01. The van der Waals surface area contributed by atoms with Crippen molar-refractivity contribution in [1.82, 2.24) is 25.0 Å². The van der Waals surface area contributed by atoms with Gasteiger partial charge in [-0.25, -0.2) is 0 Å². The lowest BCUT2D eigenvalue weighted by Crippen LogP contribution is -2.43. The summed E-state index contributed by atoms with van der Waals surface area (Å²) >= 11 is 0. The zero-order valence-electron chi connectivity index (χ0n) is 13.8. The molecule has 8 heteroatoms. The summed E-state index contributed by atoms with van der Waals surface area (Å²) in [5.74, 6) is 1.89. The van der Waals surface area contributed by atoms with Gasteiger partial charge in [-0.3, -0.25) is 4.79 Å². The fourth-order valence-corrected chi connectivity index (χ4v) is 2.85. The van der Waals surface area contributed by atoms with Crippen molar-refractivity contribution in [3.8, 4) is 11.4 Å². The minimum Gasteiger partial charge on any atom is -0.333 e. The van der Waals surface area contributed by atoms with Gasteiger partial charge < -0.3 is 14.8 Å². The number of halogens is 2. The minimum atomic E-state index is -0.0203. The number of carbonyl (C=O) groups excluding carboxylic acids is 1. The second-order valence-corrected chi connectivity index (χ2v) is 5.68. The summed E-state index contributed by atoms with van der Waals surface area (Å²) in [6.07, 6.45) is 0. The van der Waals surface area contributed by atoms with Crippen LogP contribution < -0.4 is 5.32 Å². The first-order chi connectivity index (χ1) is 10.7. The lowest BCUT2D eigenvalue weighted by atomic mass is 10.1. The van der Waals surface area contributed by atoms with Gasteiger partial charge in [0.1, 0.15) is 0 Å². The highest BCUT2D eigenvalue weighted by atomic mass is 35.5. The van der Waals surface area contributed by atoms with E-state index in [0.29, 0.717) is 19.6 Å². The molecule has 1 aromatic heterocycles. The summed E-state index contributed by atoms with van der Waals surface area (Å²) in [6, 6.07) is 10.0. The molecule has 1 unspecified atom stereocenters. The maximum absolute atomic E-state index is 12.4. The number of carbonyl (C=O) groups is 1. The summed E-state index contributed by atoms with van der Waals surface area (Å²) in [5, 5.41) is 11.6. The Morgan fingerprint density at radius 1 is 1.21 bits per heavy atom. The van der Waals surface area contributed by atoms with Crippen LogP contribution >= 0.6 is 24.8 Å². The average molecular weight is 372 g/mol. The van der Waals surface area contributed by atoms with Crippen molar-refractivity contribution in [1.29, 1.82) is 0 Å². The molecule has 0 bridgehead atoms. The molecular formula is C16H23Cl2N5O. The number of fused-ring (bicyclic) bond motifs is 1.